The lowest BCUT2D eigenvalue weighted by Gasteiger charge is -2.15. The molecule has 0 spiro atoms. The highest BCUT2D eigenvalue weighted by atomic mass is 79.9. The lowest BCUT2D eigenvalue weighted by atomic mass is 10.1. The predicted octanol–water partition coefficient (Wildman–Crippen LogP) is 6.16. The number of amides is 2. The number of fused-ring (bicyclic) bond motifs is 1. The molecule has 0 radical (unpaired) electrons. The van der Waals surface area contributed by atoms with Crippen molar-refractivity contribution < 1.29 is 28.6 Å². The average molecular weight is 677 g/mol. The van der Waals surface area contributed by atoms with Crippen LogP contribution in [-0.2, 0) is 16.1 Å². The van der Waals surface area contributed by atoms with Crippen molar-refractivity contribution in [3.05, 3.63) is 94.9 Å². The van der Waals surface area contributed by atoms with Gasteiger partial charge in [0.15, 0.2) is 5.65 Å². The lowest BCUT2D eigenvalue weighted by Crippen LogP contribution is -2.35. The molecule has 10 nitrogen and oxygen atoms in total. The molecule has 3 aromatic rings. The molecule has 1 unspecified atom stereocenters. The first-order chi connectivity index (χ1) is 21.3. The first-order valence-electron chi connectivity index (χ1n) is 13.8. The standard InChI is InChI=1S/C26H28BrN5O4.C3H6.C2H6O.CH3F/c1-2-3-8-19(9-6-4-5-7-14-33)30-26(36)22-16-21(31-24-12-13-29-32(22)24)25(35)28-17-18-10-11-23(34)20(27)15-18;2*1-3-2;1-2/h3-5,8,10-16,19,34H,2,6-7,9,17H2,1H3,(H,28,35)(H,30,36);3H,1H2,2H3;1-2H3;1H3/b5-4+,8-3+;;;. The minimum absolute atomic E-state index is 0.0865. The number of phenols is 1. The summed E-state index contributed by atoms with van der Waals surface area (Å²) < 4.78 is 15.7. The number of aromatic hydroxyl groups is 1. The van der Waals surface area contributed by atoms with Gasteiger partial charge in [0.2, 0.25) is 0 Å². The number of alkyl halides is 1. The highest BCUT2D eigenvalue weighted by Gasteiger charge is 2.19. The normalized spacial score (nSPS) is 10.9. The zero-order chi connectivity index (χ0) is 33.3. The van der Waals surface area contributed by atoms with Crippen molar-refractivity contribution in [3.63, 3.8) is 0 Å². The van der Waals surface area contributed by atoms with E-state index in [4.69, 9.17) is 0 Å². The fourth-order valence-electron chi connectivity index (χ4n) is 3.43. The Bertz CT molecular complexity index is 1360. The summed E-state index contributed by atoms with van der Waals surface area (Å²) in [4.78, 5) is 40.9. The Balaban J connectivity index is 0.00000209. The van der Waals surface area contributed by atoms with Gasteiger partial charge >= 0.3 is 0 Å². The van der Waals surface area contributed by atoms with Gasteiger partial charge in [-0.2, -0.15) is 5.10 Å². The molecule has 44 heavy (non-hydrogen) atoms. The number of phenolic OH excluding ortho intramolecular Hbond substituents is 1. The molecule has 0 saturated carbocycles. The van der Waals surface area contributed by atoms with E-state index in [1.165, 1.54) is 22.8 Å². The van der Waals surface area contributed by atoms with Crippen LogP contribution in [0, 0.1) is 0 Å². The second kappa shape index (κ2) is 24.3. The number of aromatic nitrogens is 3. The van der Waals surface area contributed by atoms with Crippen LogP contribution >= 0.6 is 15.9 Å². The van der Waals surface area contributed by atoms with E-state index in [-0.39, 0.29) is 35.6 Å². The van der Waals surface area contributed by atoms with Gasteiger partial charge in [-0.1, -0.05) is 43.4 Å². The van der Waals surface area contributed by atoms with Crippen molar-refractivity contribution in [3.8, 4) is 5.75 Å². The van der Waals surface area contributed by atoms with Gasteiger partial charge in [0.1, 0.15) is 23.4 Å². The van der Waals surface area contributed by atoms with Gasteiger partial charge in [0.25, 0.3) is 11.8 Å². The maximum atomic E-state index is 13.2. The van der Waals surface area contributed by atoms with E-state index in [0.29, 0.717) is 36.6 Å². The Kier molecular flexibility index (Phi) is 22.0. The van der Waals surface area contributed by atoms with E-state index in [0.717, 1.165) is 18.3 Å². The third kappa shape index (κ3) is 14.8. The molecule has 0 aliphatic heterocycles. The molecule has 0 bridgehead atoms. The van der Waals surface area contributed by atoms with Crippen LogP contribution in [0.25, 0.3) is 5.65 Å². The summed E-state index contributed by atoms with van der Waals surface area (Å²) in [6.07, 6.45) is 14.3. The first-order valence-corrected chi connectivity index (χ1v) is 14.6. The number of carbonyl (C=O) groups excluding carboxylic acids is 3. The minimum atomic E-state index is -0.445. The molecule has 2 amide bonds. The smallest absolute Gasteiger partial charge is 0.270 e. The van der Waals surface area contributed by atoms with Crippen molar-refractivity contribution in [2.24, 2.45) is 0 Å². The zero-order valence-corrected chi connectivity index (χ0v) is 27.5. The molecule has 0 aliphatic rings. The number of hydrogen-bond donors (Lipinski definition) is 3. The number of carbonyl (C=O) groups is 3. The maximum absolute atomic E-state index is 13.2. The van der Waals surface area contributed by atoms with Crippen LogP contribution < -0.4 is 10.6 Å². The van der Waals surface area contributed by atoms with Crippen LogP contribution in [0.5, 0.6) is 5.75 Å². The predicted molar refractivity (Wildman–Crippen MR) is 176 cm³/mol. The number of halogens is 2. The molecule has 12 heteroatoms. The molecule has 3 N–H and O–H groups in total. The zero-order valence-electron chi connectivity index (χ0n) is 25.9. The van der Waals surface area contributed by atoms with Crippen LogP contribution in [0.4, 0.5) is 4.39 Å². The van der Waals surface area contributed by atoms with Crippen LogP contribution in [0.1, 0.15) is 66.1 Å². The van der Waals surface area contributed by atoms with Crippen molar-refractivity contribution >= 4 is 39.7 Å². The summed E-state index contributed by atoms with van der Waals surface area (Å²) in [7, 11) is 3.75. The van der Waals surface area contributed by atoms with Gasteiger partial charge in [0.05, 0.1) is 17.8 Å². The van der Waals surface area contributed by atoms with Crippen molar-refractivity contribution in [2.45, 2.75) is 52.1 Å². The Morgan fingerprint density at radius 1 is 1.16 bits per heavy atom. The summed E-state index contributed by atoms with van der Waals surface area (Å²) in [5, 5.41) is 19.6. The monoisotopic (exact) mass is 675 g/mol. The van der Waals surface area contributed by atoms with E-state index in [1.54, 1.807) is 44.6 Å². The molecule has 1 aromatic carbocycles. The highest BCUT2D eigenvalue weighted by Crippen LogP contribution is 2.24. The van der Waals surface area contributed by atoms with Crippen LogP contribution in [-0.4, -0.2) is 65.2 Å². The van der Waals surface area contributed by atoms with Crippen LogP contribution in [0.15, 0.2) is 78.0 Å². The second-order valence-corrected chi connectivity index (χ2v) is 9.63. The quantitative estimate of drug-likeness (QED) is 0.155. The Morgan fingerprint density at radius 2 is 1.84 bits per heavy atom. The summed E-state index contributed by atoms with van der Waals surface area (Å²) >= 11 is 3.26. The highest BCUT2D eigenvalue weighted by molar-refractivity contribution is 9.10. The first kappa shape index (κ1) is 39.8. The number of aldehydes is 1. The topological polar surface area (TPSA) is 135 Å². The van der Waals surface area contributed by atoms with Crippen LogP contribution in [0.3, 0.4) is 0 Å². The molecule has 2 heterocycles. The molecule has 240 valence electrons. The minimum Gasteiger partial charge on any atom is -0.507 e. The molecule has 3 rings (SSSR count). The van der Waals surface area contributed by atoms with Gasteiger partial charge < -0.3 is 25.3 Å². The molecular weight excluding hydrogens is 633 g/mol. The van der Waals surface area contributed by atoms with Gasteiger partial charge in [-0.15, -0.1) is 6.58 Å². The van der Waals surface area contributed by atoms with Gasteiger partial charge in [-0.05, 0) is 59.8 Å². The number of benzene rings is 1. The largest absolute Gasteiger partial charge is 0.507 e. The van der Waals surface area contributed by atoms with Crippen molar-refractivity contribution in [1.82, 2.24) is 25.2 Å². The van der Waals surface area contributed by atoms with E-state index in [1.807, 2.05) is 32.1 Å². The Morgan fingerprint density at radius 3 is 2.45 bits per heavy atom. The summed E-state index contributed by atoms with van der Waals surface area (Å²) in [5.74, 6) is -0.720. The number of rotatable bonds is 12. The second-order valence-electron chi connectivity index (χ2n) is 8.78. The molecule has 2 aromatic heterocycles. The molecule has 0 aliphatic carbocycles. The number of methoxy groups -OCH3 is 1. The molecule has 1 atom stereocenters. The lowest BCUT2D eigenvalue weighted by molar-refractivity contribution is -0.107. The average Bonchev–Trinajstić information content (AvgIpc) is 3.50. The van der Waals surface area contributed by atoms with E-state index >= 15 is 0 Å². The SMILES string of the molecule is C=CC.CC/C=C/C(CC/C=C/CC=O)NC(=O)c1cc(C(=O)NCc2ccc(O)c(Br)c2)nc2ccnn12.CF.COC. The Labute approximate surface area is 267 Å². The molecule has 0 fully saturated rings. The number of nitrogens with zero attached hydrogens (tertiary/aromatic N) is 3. The van der Waals surface area contributed by atoms with Gasteiger partial charge in [-0.25, -0.2) is 9.50 Å². The third-order valence-corrected chi connectivity index (χ3v) is 5.89. The van der Waals surface area contributed by atoms with Crippen molar-refractivity contribution in [1.29, 1.82) is 0 Å². The van der Waals surface area contributed by atoms with Gasteiger partial charge in [0, 0.05) is 45.4 Å². The third-order valence-electron chi connectivity index (χ3n) is 5.25. The fourth-order valence-corrected chi connectivity index (χ4v) is 3.86. The number of hydrogen-bond acceptors (Lipinski definition) is 7. The maximum Gasteiger partial charge on any atom is 0.270 e. The van der Waals surface area contributed by atoms with E-state index in [9.17, 15) is 23.9 Å². The number of nitrogens with one attached hydrogen (secondary N) is 2. The van der Waals surface area contributed by atoms with E-state index in [2.05, 4.69) is 48.0 Å². The number of allylic oxidation sites excluding steroid dienone is 4. The number of ether oxygens (including phenoxy) is 1. The van der Waals surface area contributed by atoms with E-state index < -0.39 is 5.91 Å². The summed E-state index contributed by atoms with van der Waals surface area (Å²) in [6, 6.07) is 7.75. The molecule has 0 saturated heterocycles. The summed E-state index contributed by atoms with van der Waals surface area (Å²) in [6.45, 7) is 7.48. The van der Waals surface area contributed by atoms with Crippen LogP contribution in [0.2, 0.25) is 0 Å². The Hall–Kier alpha value is -4.16. The summed E-state index contributed by atoms with van der Waals surface area (Å²) in [5.41, 5.74) is 1.43. The van der Waals surface area contributed by atoms with Gasteiger partial charge in [-0.3, -0.25) is 14.0 Å². The van der Waals surface area contributed by atoms with Crippen molar-refractivity contribution in [2.75, 3.05) is 21.4 Å². The fraction of sp³-hybridized carbons (Fsp3) is 0.344. The molecular formula is C32H43BrFN5O5.